The highest BCUT2D eigenvalue weighted by Gasteiger charge is 2.34. The Labute approximate surface area is 239 Å². The van der Waals surface area contributed by atoms with Crippen molar-refractivity contribution in [1.82, 2.24) is 10.2 Å². The Morgan fingerprint density at radius 2 is 1.70 bits per heavy atom. The first-order valence-corrected chi connectivity index (χ1v) is 14.7. The zero-order chi connectivity index (χ0) is 29.3. The average Bonchev–Trinajstić information content (AvgIpc) is 2.95. The monoisotopic (exact) mass is 589 g/mol. The summed E-state index contributed by atoms with van der Waals surface area (Å²) in [7, 11) is -2.90. The molecule has 0 fully saturated rings. The molecule has 3 rings (SSSR count). The van der Waals surface area contributed by atoms with Gasteiger partial charge in [0.1, 0.15) is 24.2 Å². The summed E-state index contributed by atoms with van der Waals surface area (Å²) in [5, 5.41) is 3.06. The van der Waals surface area contributed by atoms with E-state index in [2.05, 4.69) is 5.32 Å². The summed E-state index contributed by atoms with van der Waals surface area (Å²) in [5.41, 5.74) is 0.645. The summed E-state index contributed by atoms with van der Waals surface area (Å²) < 4.78 is 47.8. The molecule has 0 spiro atoms. The van der Waals surface area contributed by atoms with E-state index in [1.54, 1.807) is 31.2 Å². The van der Waals surface area contributed by atoms with E-state index in [1.807, 2.05) is 6.92 Å². The average molecular weight is 590 g/mol. The summed E-state index contributed by atoms with van der Waals surface area (Å²) in [6.45, 7) is 3.41. The first kappa shape index (κ1) is 30.9. The molecule has 8 nitrogen and oxygen atoms in total. The van der Waals surface area contributed by atoms with Crippen LogP contribution in [0.3, 0.4) is 0 Å². The number of rotatable bonds is 13. The maximum Gasteiger partial charge on any atom is 0.264 e. The Balaban J connectivity index is 2.10. The molecule has 0 unspecified atom stereocenters. The van der Waals surface area contributed by atoms with Crippen molar-refractivity contribution in [3.63, 3.8) is 0 Å². The molecule has 3 aromatic carbocycles. The highest BCUT2D eigenvalue weighted by atomic mass is 35.5. The molecule has 214 valence electrons. The molecule has 0 aliphatic rings. The van der Waals surface area contributed by atoms with Crippen LogP contribution in [0.4, 0.5) is 10.1 Å². The lowest BCUT2D eigenvalue weighted by molar-refractivity contribution is -0.140. The van der Waals surface area contributed by atoms with Crippen LogP contribution in [0.5, 0.6) is 5.75 Å². The number of anilines is 1. The van der Waals surface area contributed by atoms with Crippen molar-refractivity contribution in [3.8, 4) is 5.75 Å². The summed E-state index contributed by atoms with van der Waals surface area (Å²) in [6.07, 6.45) is 0.972. The molecular formula is C29H33ClFN3O5S. The number of methoxy groups -OCH3 is 1. The van der Waals surface area contributed by atoms with Crippen LogP contribution in [-0.4, -0.2) is 51.4 Å². The number of amides is 2. The first-order valence-electron chi connectivity index (χ1n) is 12.8. The van der Waals surface area contributed by atoms with E-state index < -0.39 is 34.3 Å². The van der Waals surface area contributed by atoms with Gasteiger partial charge in [0.25, 0.3) is 10.0 Å². The van der Waals surface area contributed by atoms with Crippen LogP contribution in [0, 0.1) is 5.82 Å². The second-order valence-electron chi connectivity index (χ2n) is 9.00. The van der Waals surface area contributed by atoms with Gasteiger partial charge in [-0.2, -0.15) is 0 Å². The van der Waals surface area contributed by atoms with Crippen molar-refractivity contribution >= 4 is 39.1 Å². The zero-order valence-corrected chi connectivity index (χ0v) is 24.2. The Morgan fingerprint density at radius 3 is 2.30 bits per heavy atom. The molecule has 0 saturated heterocycles. The number of ether oxygens (including phenoxy) is 1. The van der Waals surface area contributed by atoms with Crippen LogP contribution in [0.15, 0.2) is 77.7 Å². The second-order valence-corrected chi connectivity index (χ2v) is 11.3. The van der Waals surface area contributed by atoms with Gasteiger partial charge in [-0.1, -0.05) is 55.8 Å². The minimum atomic E-state index is -4.28. The predicted octanol–water partition coefficient (Wildman–Crippen LogP) is 5.02. The summed E-state index contributed by atoms with van der Waals surface area (Å²) in [4.78, 5) is 28.4. The normalized spacial score (nSPS) is 11.9. The number of carbonyl (C=O) groups is 2. The predicted molar refractivity (Wildman–Crippen MR) is 153 cm³/mol. The van der Waals surface area contributed by atoms with E-state index in [4.69, 9.17) is 16.3 Å². The molecule has 1 N–H and O–H groups in total. The van der Waals surface area contributed by atoms with Gasteiger partial charge in [-0.15, -0.1) is 0 Å². The molecular weight excluding hydrogens is 557 g/mol. The number of hydrogen-bond donors (Lipinski definition) is 1. The van der Waals surface area contributed by atoms with Crippen molar-refractivity contribution in [2.24, 2.45) is 0 Å². The number of halogens is 2. The van der Waals surface area contributed by atoms with Gasteiger partial charge in [-0.25, -0.2) is 12.8 Å². The third-order valence-corrected chi connectivity index (χ3v) is 8.23. The summed E-state index contributed by atoms with van der Waals surface area (Å²) in [5.74, 6) is -1.25. The summed E-state index contributed by atoms with van der Waals surface area (Å²) >= 11 is 6.24. The molecule has 0 aliphatic carbocycles. The molecule has 2 amide bonds. The van der Waals surface area contributed by atoms with Crippen LogP contribution in [0.25, 0.3) is 0 Å². The minimum Gasteiger partial charge on any atom is -0.495 e. The molecule has 0 bridgehead atoms. The number of benzene rings is 3. The minimum absolute atomic E-state index is 0.0386. The van der Waals surface area contributed by atoms with Crippen LogP contribution < -0.4 is 14.4 Å². The van der Waals surface area contributed by atoms with Gasteiger partial charge < -0.3 is 15.0 Å². The van der Waals surface area contributed by atoms with E-state index in [-0.39, 0.29) is 40.2 Å². The van der Waals surface area contributed by atoms with Crippen molar-refractivity contribution < 1.29 is 27.1 Å². The lowest BCUT2D eigenvalue weighted by Crippen LogP contribution is -2.52. The van der Waals surface area contributed by atoms with Gasteiger partial charge in [-0.05, 0) is 60.9 Å². The Hall–Kier alpha value is -3.63. The molecule has 0 radical (unpaired) electrons. The first-order chi connectivity index (χ1) is 19.1. The van der Waals surface area contributed by atoms with Gasteiger partial charge in [0.15, 0.2) is 0 Å². The van der Waals surface area contributed by atoms with Crippen LogP contribution >= 0.6 is 11.6 Å². The number of nitrogens with zero attached hydrogens (tertiary/aromatic N) is 2. The van der Waals surface area contributed by atoms with Crippen molar-refractivity contribution in [3.05, 3.63) is 89.2 Å². The number of nitrogens with one attached hydrogen (secondary N) is 1. The maximum absolute atomic E-state index is 14.0. The topological polar surface area (TPSA) is 96.0 Å². The summed E-state index contributed by atoms with van der Waals surface area (Å²) in [6, 6.07) is 16.8. The molecule has 1 atom stereocenters. The quantitative estimate of drug-likeness (QED) is 0.302. The fraction of sp³-hybridized carbons (Fsp3) is 0.310. The number of hydrogen-bond acceptors (Lipinski definition) is 5. The Bertz CT molecular complexity index is 1400. The molecule has 11 heteroatoms. The highest BCUT2D eigenvalue weighted by Crippen LogP contribution is 2.35. The molecule has 40 heavy (non-hydrogen) atoms. The molecule has 3 aromatic rings. The lowest BCUT2D eigenvalue weighted by Gasteiger charge is -2.33. The van der Waals surface area contributed by atoms with Gasteiger partial charge in [0.2, 0.25) is 11.8 Å². The van der Waals surface area contributed by atoms with Crippen molar-refractivity contribution in [2.45, 2.75) is 44.2 Å². The van der Waals surface area contributed by atoms with Gasteiger partial charge >= 0.3 is 0 Å². The zero-order valence-electron chi connectivity index (χ0n) is 22.6. The van der Waals surface area contributed by atoms with Crippen LogP contribution in [0.1, 0.15) is 32.3 Å². The fourth-order valence-corrected chi connectivity index (χ4v) is 5.77. The number of carbonyl (C=O) groups excluding carboxylic acids is 2. The van der Waals surface area contributed by atoms with Crippen molar-refractivity contribution in [2.75, 3.05) is 24.5 Å². The third kappa shape index (κ3) is 7.51. The lowest BCUT2D eigenvalue weighted by atomic mass is 10.1. The fourth-order valence-electron chi connectivity index (χ4n) is 4.16. The van der Waals surface area contributed by atoms with Gasteiger partial charge in [0, 0.05) is 18.1 Å². The Kier molecular flexibility index (Phi) is 10.9. The molecule has 0 saturated carbocycles. The highest BCUT2D eigenvalue weighted by molar-refractivity contribution is 7.92. The largest absolute Gasteiger partial charge is 0.495 e. The van der Waals surface area contributed by atoms with Crippen molar-refractivity contribution in [1.29, 1.82) is 0 Å². The second kappa shape index (κ2) is 14.1. The van der Waals surface area contributed by atoms with Gasteiger partial charge in [0.05, 0.1) is 17.7 Å². The van der Waals surface area contributed by atoms with E-state index in [0.29, 0.717) is 18.5 Å². The Morgan fingerprint density at radius 1 is 1.02 bits per heavy atom. The van der Waals surface area contributed by atoms with Crippen LogP contribution in [-0.2, 0) is 26.2 Å². The SMILES string of the molecule is CCCNC(=O)[C@H](CC)N(Cc1ccc(F)cc1)C(=O)CN(c1cc(Cl)ccc1OC)S(=O)(=O)c1ccccc1. The standard InChI is InChI=1S/C29H33ClFN3O5S/c1-4-17-32-29(36)25(5-2)33(19-21-11-14-23(31)15-12-21)28(35)20-34(26-18-22(30)13-16-27(26)39-3)40(37,38)24-9-7-6-8-10-24/h6-16,18,25H,4-5,17,19-20H2,1-3H3,(H,32,36)/t25-/m0/s1. The van der Waals surface area contributed by atoms with E-state index in [1.165, 1.54) is 60.5 Å². The van der Waals surface area contributed by atoms with Gasteiger partial charge in [-0.3, -0.25) is 13.9 Å². The maximum atomic E-state index is 14.0. The molecule has 0 aromatic heterocycles. The van der Waals surface area contributed by atoms with Crippen LogP contribution in [0.2, 0.25) is 5.02 Å². The third-order valence-electron chi connectivity index (χ3n) is 6.22. The van der Waals surface area contributed by atoms with E-state index in [0.717, 1.165) is 4.31 Å². The van der Waals surface area contributed by atoms with E-state index in [9.17, 15) is 22.4 Å². The molecule has 0 aliphatic heterocycles. The van der Waals surface area contributed by atoms with E-state index >= 15 is 0 Å². The number of sulfonamides is 1. The molecule has 0 heterocycles. The smallest absolute Gasteiger partial charge is 0.264 e.